The van der Waals surface area contributed by atoms with Crippen molar-refractivity contribution in [2.45, 2.75) is 13.8 Å². The van der Waals surface area contributed by atoms with E-state index < -0.39 is 0 Å². The van der Waals surface area contributed by atoms with E-state index in [4.69, 9.17) is 14.7 Å². The summed E-state index contributed by atoms with van der Waals surface area (Å²) in [5.41, 5.74) is 7.14. The van der Waals surface area contributed by atoms with Gasteiger partial charge in [0.2, 0.25) is 0 Å². The van der Waals surface area contributed by atoms with E-state index in [0.717, 1.165) is 44.6 Å². The highest BCUT2D eigenvalue weighted by Gasteiger charge is 2.08. The molecule has 0 radical (unpaired) electrons. The average molecular weight is 400 g/mol. The van der Waals surface area contributed by atoms with E-state index in [1.54, 1.807) is 24.4 Å². The summed E-state index contributed by atoms with van der Waals surface area (Å²) >= 11 is 0. The van der Waals surface area contributed by atoms with Crippen molar-refractivity contribution in [1.82, 2.24) is 9.97 Å². The molecule has 0 aliphatic carbocycles. The minimum atomic E-state index is 0.120. The number of phenols is 1. The Hall–Kier alpha value is -3.67. The average Bonchev–Trinajstić information content (AvgIpc) is 2.72. The summed E-state index contributed by atoms with van der Waals surface area (Å²) in [7, 11) is 4.01. The first-order valence-electron chi connectivity index (χ1n) is 9.84. The van der Waals surface area contributed by atoms with Gasteiger partial charge in [-0.25, -0.2) is 9.97 Å². The molecule has 6 nitrogen and oxygen atoms in total. The lowest BCUT2D eigenvalue weighted by molar-refractivity contribution is 0.318. The highest BCUT2D eigenvalue weighted by atomic mass is 16.5. The van der Waals surface area contributed by atoms with Crippen LogP contribution in [0.25, 0.3) is 22.1 Å². The number of aromatic hydroxyl groups is 1. The van der Waals surface area contributed by atoms with Crippen LogP contribution < -0.4 is 9.64 Å². The van der Waals surface area contributed by atoms with Crippen LogP contribution in [0.1, 0.15) is 18.1 Å². The first kappa shape index (κ1) is 19.6. The number of hydrogen-bond donors (Lipinski definition) is 1. The standard InChI is InChI=1S/C24H24N4O2/c1-5-30-24-11-16(6-9-23(24)29)14-25-19-13-22-20(10-15(19)2)26-18-8-7-17(28(3)4)12-21(18)27-22/h6-14,29H,5H2,1-4H3. The SMILES string of the molecule is CCOc1cc(C=Nc2cc3nc4cc(N(C)C)ccc4nc3cc2C)ccc1O. The van der Waals surface area contributed by atoms with Crippen LogP contribution in [-0.4, -0.2) is 42.0 Å². The molecule has 3 aromatic carbocycles. The van der Waals surface area contributed by atoms with Gasteiger partial charge in [-0.2, -0.15) is 0 Å². The quantitative estimate of drug-likeness (QED) is 0.377. The largest absolute Gasteiger partial charge is 0.504 e. The van der Waals surface area contributed by atoms with Crippen LogP contribution in [0.2, 0.25) is 0 Å². The summed E-state index contributed by atoms with van der Waals surface area (Å²) in [6.45, 7) is 4.38. The molecule has 0 saturated carbocycles. The van der Waals surface area contributed by atoms with Gasteiger partial charge in [0, 0.05) is 26.0 Å². The normalized spacial score (nSPS) is 11.5. The smallest absolute Gasteiger partial charge is 0.161 e. The summed E-state index contributed by atoms with van der Waals surface area (Å²) < 4.78 is 5.44. The van der Waals surface area contributed by atoms with Crippen LogP contribution >= 0.6 is 0 Å². The molecule has 0 bridgehead atoms. The molecule has 0 amide bonds. The first-order valence-corrected chi connectivity index (χ1v) is 9.84. The second-order valence-corrected chi connectivity index (χ2v) is 7.34. The van der Waals surface area contributed by atoms with Crippen LogP contribution in [0.5, 0.6) is 11.5 Å². The molecular formula is C24H24N4O2. The second kappa shape index (κ2) is 7.99. The molecule has 1 heterocycles. The van der Waals surface area contributed by atoms with Crippen molar-refractivity contribution in [2.24, 2.45) is 4.99 Å². The maximum Gasteiger partial charge on any atom is 0.161 e. The van der Waals surface area contributed by atoms with E-state index in [0.29, 0.717) is 12.4 Å². The zero-order chi connectivity index (χ0) is 21.3. The summed E-state index contributed by atoms with van der Waals surface area (Å²) in [6.07, 6.45) is 1.76. The van der Waals surface area contributed by atoms with Crippen LogP contribution in [-0.2, 0) is 0 Å². The van der Waals surface area contributed by atoms with Crippen molar-refractivity contribution < 1.29 is 9.84 Å². The van der Waals surface area contributed by atoms with Crippen LogP contribution in [0.15, 0.2) is 53.5 Å². The van der Waals surface area contributed by atoms with Gasteiger partial charge in [-0.3, -0.25) is 4.99 Å². The summed E-state index contributed by atoms with van der Waals surface area (Å²) in [5.74, 6) is 0.570. The van der Waals surface area contributed by atoms with E-state index in [1.165, 1.54) is 0 Å². The Morgan fingerprint density at radius 1 is 0.967 bits per heavy atom. The van der Waals surface area contributed by atoms with Gasteiger partial charge in [0.1, 0.15) is 0 Å². The Morgan fingerprint density at radius 2 is 1.70 bits per heavy atom. The lowest BCUT2D eigenvalue weighted by atomic mass is 10.1. The predicted octanol–water partition coefficient (Wildman–Crippen LogP) is 5.01. The molecule has 6 heteroatoms. The van der Waals surface area contributed by atoms with Gasteiger partial charge in [-0.15, -0.1) is 0 Å². The van der Waals surface area contributed by atoms with Gasteiger partial charge >= 0.3 is 0 Å². The molecule has 4 aromatic rings. The minimum Gasteiger partial charge on any atom is -0.504 e. The van der Waals surface area contributed by atoms with Gasteiger partial charge in [0.05, 0.1) is 34.4 Å². The fourth-order valence-electron chi connectivity index (χ4n) is 3.25. The van der Waals surface area contributed by atoms with Gasteiger partial charge in [0.15, 0.2) is 11.5 Å². The zero-order valence-corrected chi connectivity index (χ0v) is 17.5. The number of ether oxygens (including phenoxy) is 1. The van der Waals surface area contributed by atoms with Crippen molar-refractivity contribution in [1.29, 1.82) is 0 Å². The van der Waals surface area contributed by atoms with Gasteiger partial charge in [-0.05, 0) is 73.5 Å². The number of aromatic nitrogens is 2. The number of rotatable bonds is 5. The molecule has 0 aliphatic heterocycles. The number of hydrogen-bond acceptors (Lipinski definition) is 6. The molecule has 0 unspecified atom stereocenters. The summed E-state index contributed by atoms with van der Waals surface area (Å²) in [4.78, 5) is 16.3. The van der Waals surface area contributed by atoms with Crippen molar-refractivity contribution in [3.63, 3.8) is 0 Å². The molecule has 1 aromatic heterocycles. The minimum absolute atomic E-state index is 0.120. The summed E-state index contributed by atoms with van der Waals surface area (Å²) in [6, 6.07) is 15.2. The van der Waals surface area contributed by atoms with Crippen molar-refractivity contribution >= 4 is 39.7 Å². The Kier molecular flexibility index (Phi) is 5.23. The molecule has 0 aliphatic rings. The molecule has 1 N–H and O–H groups in total. The Bertz CT molecular complexity index is 1270. The number of phenolic OH excluding ortho intramolecular Hbond substituents is 1. The number of fused-ring (bicyclic) bond motifs is 2. The van der Waals surface area contributed by atoms with Crippen molar-refractivity contribution in [2.75, 3.05) is 25.6 Å². The van der Waals surface area contributed by atoms with E-state index >= 15 is 0 Å². The van der Waals surface area contributed by atoms with Gasteiger partial charge < -0.3 is 14.7 Å². The third-order valence-corrected chi connectivity index (χ3v) is 4.89. The van der Waals surface area contributed by atoms with E-state index in [2.05, 4.69) is 4.99 Å². The lowest BCUT2D eigenvalue weighted by Crippen LogP contribution is -2.08. The van der Waals surface area contributed by atoms with Gasteiger partial charge in [0.25, 0.3) is 0 Å². The molecular weight excluding hydrogens is 376 g/mol. The number of benzene rings is 3. The number of aryl methyl sites for hydroxylation is 1. The highest BCUT2D eigenvalue weighted by Crippen LogP contribution is 2.29. The molecule has 30 heavy (non-hydrogen) atoms. The number of anilines is 1. The Labute approximate surface area is 175 Å². The second-order valence-electron chi connectivity index (χ2n) is 7.34. The molecule has 4 rings (SSSR count). The molecule has 0 fully saturated rings. The maximum absolute atomic E-state index is 9.87. The number of nitrogens with zero attached hydrogens (tertiary/aromatic N) is 4. The zero-order valence-electron chi connectivity index (χ0n) is 17.5. The first-order chi connectivity index (χ1) is 14.4. The Morgan fingerprint density at radius 3 is 2.47 bits per heavy atom. The van der Waals surface area contributed by atoms with Crippen LogP contribution in [0.4, 0.5) is 11.4 Å². The van der Waals surface area contributed by atoms with Crippen LogP contribution in [0, 0.1) is 6.92 Å². The van der Waals surface area contributed by atoms with E-state index in [-0.39, 0.29) is 5.75 Å². The Balaban J connectivity index is 1.73. The fourth-order valence-corrected chi connectivity index (χ4v) is 3.25. The molecule has 0 atom stereocenters. The summed E-state index contributed by atoms with van der Waals surface area (Å²) in [5, 5.41) is 9.87. The monoisotopic (exact) mass is 400 g/mol. The van der Waals surface area contributed by atoms with E-state index in [1.807, 2.05) is 63.2 Å². The van der Waals surface area contributed by atoms with Gasteiger partial charge in [-0.1, -0.05) is 0 Å². The van der Waals surface area contributed by atoms with E-state index in [9.17, 15) is 5.11 Å². The fraction of sp³-hybridized carbons (Fsp3) is 0.208. The maximum atomic E-state index is 9.87. The molecule has 0 spiro atoms. The third-order valence-electron chi connectivity index (χ3n) is 4.89. The highest BCUT2D eigenvalue weighted by molar-refractivity contribution is 5.91. The van der Waals surface area contributed by atoms with Crippen molar-refractivity contribution in [3.05, 3.63) is 59.7 Å². The number of aliphatic imine (C=N–C) groups is 1. The van der Waals surface area contributed by atoms with Crippen LogP contribution in [0.3, 0.4) is 0 Å². The predicted molar refractivity (Wildman–Crippen MR) is 123 cm³/mol. The topological polar surface area (TPSA) is 70.8 Å². The lowest BCUT2D eigenvalue weighted by Gasteiger charge is -2.13. The van der Waals surface area contributed by atoms with Crippen molar-refractivity contribution in [3.8, 4) is 11.5 Å². The third kappa shape index (κ3) is 3.89. The molecule has 152 valence electrons. The molecule has 0 saturated heterocycles.